The molecular formula is C22H25N3O3S. The number of rotatable bonds is 4. The molecule has 1 unspecified atom stereocenters. The lowest BCUT2D eigenvalue weighted by Gasteiger charge is -2.38. The van der Waals surface area contributed by atoms with E-state index in [2.05, 4.69) is 4.90 Å². The van der Waals surface area contributed by atoms with E-state index >= 15 is 0 Å². The molecule has 4 rings (SSSR count). The Morgan fingerprint density at radius 3 is 2.38 bits per heavy atom. The van der Waals surface area contributed by atoms with Crippen LogP contribution in [-0.2, 0) is 4.79 Å². The van der Waals surface area contributed by atoms with Crippen molar-refractivity contribution in [2.75, 3.05) is 49.8 Å². The van der Waals surface area contributed by atoms with E-state index in [1.807, 2.05) is 47.4 Å². The lowest BCUT2D eigenvalue weighted by atomic mass is 10.1. The van der Waals surface area contributed by atoms with Gasteiger partial charge in [-0.1, -0.05) is 30.3 Å². The molecule has 1 atom stereocenters. The number of carbonyl (C=O) groups is 2. The molecule has 2 aromatic carbocycles. The molecule has 0 N–H and O–H groups in total. The smallest absolute Gasteiger partial charge is 0.255 e. The third-order valence-electron chi connectivity index (χ3n) is 5.47. The quantitative estimate of drug-likeness (QED) is 0.774. The number of methoxy groups -OCH3 is 1. The van der Waals surface area contributed by atoms with Crippen LogP contribution in [0.5, 0.6) is 5.75 Å². The Labute approximate surface area is 175 Å². The SMILES string of the molecule is COc1ccccc1N1CCN(C(=O)C2CSCN2C(=O)c2ccccc2)CC1. The molecule has 2 amide bonds. The first-order chi connectivity index (χ1) is 14.2. The van der Waals surface area contributed by atoms with Crippen LogP contribution >= 0.6 is 11.8 Å². The predicted molar refractivity (Wildman–Crippen MR) is 116 cm³/mol. The van der Waals surface area contributed by atoms with E-state index in [-0.39, 0.29) is 17.9 Å². The highest BCUT2D eigenvalue weighted by atomic mass is 32.2. The molecule has 0 aromatic heterocycles. The average molecular weight is 412 g/mol. The number of ether oxygens (including phenoxy) is 1. The highest BCUT2D eigenvalue weighted by Crippen LogP contribution is 2.29. The van der Waals surface area contributed by atoms with Gasteiger partial charge in [0.1, 0.15) is 11.8 Å². The van der Waals surface area contributed by atoms with E-state index < -0.39 is 0 Å². The Kier molecular flexibility index (Phi) is 5.94. The van der Waals surface area contributed by atoms with E-state index in [1.54, 1.807) is 35.9 Å². The predicted octanol–water partition coefficient (Wildman–Crippen LogP) is 2.56. The van der Waals surface area contributed by atoms with E-state index in [9.17, 15) is 9.59 Å². The van der Waals surface area contributed by atoms with Crippen molar-refractivity contribution in [2.45, 2.75) is 6.04 Å². The molecule has 2 heterocycles. The summed E-state index contributed by atoms with van der Waals surface area (Å²) in [5.41, 5.74) is 1.69. The van der Waals surface area contributed by atoms with Crippen molar-refractivity contribution in [1.82, 2.24) is 9.80 Å². The maximum absolute atomic E-state index is 13.2. The minimum absolute atomic E-state index is 0.0546. The van der Waals surface area contributed by atoms with Crippen molar-refractivity contribution in [3.05, 3.63) is 60.2 Å². The van der Waals surface area contributed by atoms with E-state index in [4.69, 9.17) is 4.74 Å². The van der Waals surface area contributed by atoms with Crippen molar-refractivity contribution >= 4 is 29.3 Å². The van der Waals surface area contributed by atoms with Crippen LogP contribution in [0.3, 0.4) is 0 Å². The lowest BCUT2D eigenvalue weighted by molar-refractivity contribution is -0.135. The zero-order valence-electron chi connectivity index (χ0n) is 16.5. The van der Waals surface area contributed by atoms with Gasteiger partial charge in [0.2, 0.25) is 5.91 Å². The van der Waals surface area contributed by atoms with Crippen LogP contribution in [0.15, 0.2) is 54.6 Å². The molecule has 7 heteroatoms. The second-order valence-corrected chi connectivity index (χ2v) is 8.14. The van der Waals surface area contributed by atoms with Crippen LogP contribution < -0.4 is 9.64 Å². The van der Waals surface area contributed by atoms with Crippen LogP contribution in [0.4, 0.5) is 5.69 Å². The Morgan fingerprint density at radius 1 is 0.966 bits per heavy atom. The maximum Gasteiger partial charge on any atom is 0.255 e. The van der Waals surface area contributed by atoms with Gasteiger partial charge in [-0.2, -0.15) is 0 Å². The first-order valence-corrected chi connectivity index (χ1v) is 10.9. The maximum atomic E-state index is 13.2. The molecule has 2 saturated heterocycles. The van der Waals surface area contributed by atoms with Gasteiger partial charge < -0.3 is 19.4 Å². The summed E-state index contributed by atoms with van der Waals surface area (Å²) in [5.74, 6) is 2.05. The summed E-state index contributed by atoms with van der Waals surface area (Å²) in [6, 6.07) is 16.8. The van der Waals surface area contributed by atoms with E-state index in [0.29, 0.717) is 30.3 Å². The van der Waals surface area contributed by atoms with Crippen molar-refractivity contribution in [3.8, 4) is 5.75 Å². The molecule has 2 fully saturated rings. The Bertz CT molecular complexity index is 869. The summed E-state index contributed by atoms with van der Waals surface area (Å²) in [7, 11) is 1.68. The van der Waals surface area contributed by atoms with Crippen molar-refractivity contribution in [2.24, 2.45) is 0 Å². The topological polar surface area (TPSA) is 53.1 Å². The molecule has 0 radical (unpaired) electrons. The highest BCUT2D eigenvalue weighted by Gasteiger charge is 2.38. The van der Waals surface area contributed by atoms with E-state index in [1.165, 1.54) is 0 Å². The minimum Gasteiger partial charge on any atom is -0.495 e. The highest BCUT2D eigenvalue weighted by molar-refractivity contribution is 7.99. The molecule has 0 saturated carbocycles. The number of para-hydroxylation sites is 2. The summed E-state index contributed by atoms with van der Waals surface area (Å²) in [5, 5.41) is 0. The summed E-state index contributed by atoms with van der Waals surface area (Å²) in [4.78, 5) is 31.9. The average Bonchev–Trinajstić information content (AvgIpc) is 3.28. The Balaban J connectivity index is 1.41. The summed E-state index contributed by atoms with van der Waals surface area (Å²) >= 11 is 1.64. The van der Waals surface area contributed by atoms with Gasteiger partial charge in [-0.25, -0.2) is 0 Å². The number of anilines is 1. The summed E-state index contributed by atoms with van der Waals surface area (Å²) in [6.45, 7) is 2.79. The zero-order chi connectivity index (χ0) is 20.2. The molecule has 0 aliphatic carbocycles. The Morgan fingerprint density at radius 2 is 1.66 bits per heavy atom. The Hall–Kier alpha value is -2.67. The monoisotopic (exact) mass is 411 g/mol. The third kappa shape index (κ3) is 4.05. The van der Waals surface area contributed by atoms with Gasteiger partial charge in [0.15, 0.2) is 0 Å². The number of hydrogen-bond donors (Lipinski definition) is 0. The molecule has 2 aromatic rings. The normalized spacial score (nSPS) is 19.3. The molecule has 0 spiro atoms. The van der Waals surface area contributed by atoms with Crippen LogP contribution in [-0.4, -0.2) is 72.6 Å². The second-order valence-electron chi connectivity index (χ2n) is 7.14. The minimum atomic E-state index is -0.384. The van der Waals surface area contributed by atoms with Crippen molar-refractivity contribution < 1.29 is 14.3 Å². The lowest BCUT2D eigenvalue weighted by Crippen LogP contribution is -2.55. The van der Waals surface area contributed by atoms with Gasteiger partial charge in [-0.15, -0.1) is 11.8 Å². The summed E-state index contributed by atoms with van der Waals surface area (Å²) < 4.78 is 5.47. The van der Waals surface area contributed by atoms with Crippen molar-refractivity contribution in [1.29, 1.82) is 0 Å². The van der Waals surface area contributed by atoms with Gasteiger partial charge in [-0.05, 0) is 24.3 Å². The van der Waals surface area contributed by atoms with Crippen LogP contribution in [0.25, 0.3) is 0 Å². The number of hydrogen-bond acceptors (Lipinski definition) is 5. The first kappa shape index (κ1) is 19.6. The molecule has 2 aliphatic heterocycles. The number of piperazine rings is 1. The van der Waals surface area contributed by atoms with Gasteiger partial charge in [0.05, 0.1) is 18.7 Å². The number of nitrogens with zero attached hydrogens (tertiary/aromatic N) is 3. The largest absolute Gasteiger partial charge is 0.495 e. The van der Waals surface area contributed by atoms with Crippen LogP contribution in [0, 0.1) is 0 Å². The molecule has 6 nitrogen and oxygen atoms in total. The van der Waals surface area contributed by atoms with Gasteiger partial charge in [0, 0.05) is 37.5 Å². The van der Waals surface area contributed by atoms with Crippen molar-refractivity contribution in [3.63, 3.8) is 0 Å². The van der Waals surface area contributed by atoms with E-state index in [0.717, 1.165) is 24.5 Å². The number of thioether (sulfide) groups is 1. The second kappa shape index (κ2) is 8.78. The van der Waals surface area contributed by atoms with Gasteiger partial charge >= 0.3 is 0 Å². The molecule has 152 valence electrons. The first-order valence-electron chi connectivity index (χ1n) is 9.79. The number of carbonyl (C=O) groups excluding carboxylic acids is 2. The third-order valence-corrected chi connectivity index (χ3v) is 6.48. The molecule has 0 bridgehead atoms. The molecule has 29 heavy (non-hydrogen) atoms. The summed E-state index contributed by atoms with van der Waals surface area (Å²) in [6.07, 6.45) is 0. The zero-order valence-corrected chi connectivity index (χ0v) is 17.3. The number of amides is 2. The fraction of sp³-hybridized carbons (Fsp3) is 0.364. The van der Waals surface area contributed by atoms with Gasteiger partial charge in [0.25, 0.3) is 5.91 Å². The number of benzene rings is 2. The van der Waals surface area contributed by atoms with Crippen LogP contribution in [0.2, 0.25) is 0 Å². The fourth-order valence-corrected chi connectivity index (χ4v) is 5.01. The fourth-order valence-electron chi connectivity index (χ4n) is 3.86. The molecular weight excluding hydrogens is 386 g/mol. The van der Waals surface area contributed by atoms with Gasteiger partial charge in [-0.3, -0.25) is 9.59 Å². The van der Waals surface area contributed by atoms with Crippen LogP contribution in [0.1, 0.15) is 10.4 Å². The standard InChI is InChI=1S/C22H25N3O3S/c1-28-20-10-6-5-9-18(20)23-11-13-24(14-12-23)22(27)19-15-29-16-25(19)21(26)17-7-3-2-4-8-17/h2-10,19H,11-16H2,1H3. The molecule has 2 aliphatic rings.